The van der Waals surface area contributed by atoms with Crippen molar-refractivity contribution in [2.75, 3.05) is 25.2 Å². The number of rotatable bonds is 8. The number of methoxy groups -OCH3 is 1. The standard InChI is InChI=1S/C18H23N3O6/c1-12(2)16-17(22)19(7-4-10-27-3)8-9-20(16)14-6-5-13(18(23)24)11-15(14)21(25)26/h5-6,8-9,11-12,16H,4,7,10H2,1-3H3,(H,23,24)/t16-/m0/s1. The maximum atomic E-state index is 12.9. The van der Waals surface area contributed by atoms with Crippen molar-refractivity contribution in [3.63, 3.8) is 0 Å². The molecule has 1 aliphatic rings. The summed E-state index contributed by atoms with van der Waals surface area (Å²) in [6.07, 6.45) is 3.89. The molecule has 0 aromatic heterocycles. The van der Waals surface area contributed by atoms with E-state index in [1.54, 1.807) is 29.3 Å². The van der Waals surface area contributed by atoms with Gasteiger partial charge < -0.3 is 19.6 Å². The molecule has 1 N–H and O–H groups in total. The van der Waals surface area contributed by atoms with Crippen LogP contribution < -0.4 is 4.90 Å². The van der Waals surface area contributed by atoms with Crippen molar-refractivity contribution in [2.24, 2.45) is 5.92 Å². The van der Waals surface area contributed by atoms with Crippen LogP contribution in [0.1, 0.15) is 30.6 Å². The smallest absolute Gasteiger partial charge is 0.335 e. The molecule has 0 bridgehead atoms. The fourth-order valence-corrected chi connectivity index (χ4v) is 3.03. The zero-order valence-corrected chi connectivity index (χ0v) is 15.5. The summed E-state index contributed by atoms with van der Waals surface area (Å²) in [5.74, 6) is -1.54. The lowest BCUT2D eigenvalue weighted by Crippen LogP contribution is -2.51. The molecule has 146 valence electrons. The van der Waals surface area contributed by atoms with E-state index >= 15 is 0 Å². The van der Waals surface area contributed by atoms with Crippen LogP contribution in [0.25, 0.3) is 0 Å². The average Bonchev–Trinajstić information content (AvgIpc) is 2.62. The first-order valence-electron chi connectivity index (χ1n) is 8.55. The van der Waals surface area contributed by atoms with Crippen molar-refractivity contribution < 1.29 is 24.4 Å². The Hall–Kier alpha value is -2.94. The summed E-state index contributed by atoms with van der Waals surface area (Å²) in [4.78, 5) is 38.0. The molecule has 0 aliphatic carbocycles. The number of hydrogen-bond donors (Lipinski definition) is 1. The first-order chi connectivity index (χ1) is 12.8. The topological polar surface area (TPSA) is 113 Å². The Morgan fingerprint density at radius 3 is 2.63 bits per heavy atom. The summed E-state index contributed by atoms with van der Waals surface area (Å²) in [7, 11) is 1.59. The molecule has 2 rings (SSSR count). The number of carboxylic acids is 1. The van der Waals surface area contributed by atoms with Crippen molar-refractivity contribution in [3.05, 3.63) is 46.3 Å². The summed E-state index contributed by atoms with van der Waals surface area (Å²) in [6.45, 7) is 4.73. The highest BCUT2D eigenvalue weighted by Gasteiger charge is 2.37. The maximum Gasteiger partial charge on any atom is 0.335 e. The second-order valence-electron chi connectivity index (χ2n) is 6.54. The van der Waals surface area contributed by atoms with Crippen LogP contribution in [-0.4, -0.2) is 53.1 Å². The third kappa shape index (κ3) is 4.43. The zero-order valence-electron chi connectivity index (χ0n) is 15.5. The highest BCUT2D eigenvalue weighted by Crippen LogP contribution is 2.34. The van der Waals surface area contributed by atoms with Crippen molar-refractivity contribution in [1.29, 1.82) is 0 Å². The number of carboxylic acid groups (broad SMARTS) is 1. The summed E-state index contributed by atoms with van der Waals surface area (Å²) in [5.41, 5.74) is -0.351. The molecule has 1 aromatic rings. The number of hydrogen-bond acceptors (Lipinski definition) is 6. The van der Waals surface area contributed by atoms with Crippen LogP contribution in [0, 0.1) is 16.0 Å². The lowest BCUT2D eigenvalue weighted by molar-refractivity contribution is -0.384. The van der Waals surface area contributed by atoms with E-state index in [2.05, 4.69) is 0 Å². The number of nitrogens with zero attached hydrogens (tertiary/aromatic N) is 3. The predicted octanol–water partition coefficient (Wildman–Crippen LogP) is 2.47. The zero-order chi connectivity index (χ0) is 20.1. The van der Waals surface area contributed by atoms with Crippen molar-refractivity contribution in [1.82, 2.24) is 4.90 Å². The van der Waals surface area contributed by atoms with Gasteiger partial charge in [0.2, 0.25) is 5.91 Å². The average molecular weight is 377 g/mol. The summed E-state index contributed by atoms with van der Waals surface area (Å²) in [6, 6.07) is 3.05. The molecule has 1 amide bonds. The summed E-state index contributed by atoms with van der Waals surface area (Å²) < 4.78 is 5.01. The van der Waals surface area contributed by atoms with Crippen molar-refractivity contribution in [3.8, 4) is 0 Å². The number of aromatic carboxylic acids is 1. The molecule has 0 saturated carbocycles. The molecule has 1 atom stereocenters. The van der Waals surface area contributed by atoms with Gasteiger partial charge in [0, 0.05) is 38.7 Å². The number of carbonyl (C=O) groups excluding carboxylic acids is 1. The molecule has 0 fully saturated rings. The predicted molar refractivity (Wildman–Crippen MR) is 98.5 cm³/mol. The minimum Gasteiger partial charge on any atom is -0.478 e. The molecule has 9 nitrogen and oxygen atoms in total. The van der Waals surface area contributed by atoms with Gasteiger partial charge in [0.05, 0.1) is 10.5 Å². The third-order valence-electron chi connectivity index (χ3n) is 4.32. The normalized spacial score (nSPS) is 16.9. The second-order valence-corrected chi connectivity index (χ2v) is 6.54. The van der Waals surface area contributed by atoms with Gasteiger partial charge in [0.1, 0.15) is 11.7 Å². The van der Waals surface area contributed by atoms with E-state index in [1.807, 2.05) is 13.8 Å². The van der Waals surface area contributed by atoms with Gasteiger partial charge in [0.25, 0.3) is 5.69 Å². The van der Waals surface area contributed by atoms with Gasteiger partial charge in [-0.15, -0.1) is 0 Å². The van der Waals surface area contributed by atoms with Gasteiger partial charge in [-0.3, -0.25) is 14.9 Å². The molecule has 9 heteroatoms. The molecule has 1 heterocycles. The van der Waals surface area contributed by atoms with Crippen LogP contribution in [0.4, 0.5) is 11.4 Å². The van der Waals surface area contributed by atoms with E-state index in [1.165, 1.54) is 12.1 Å². The highest BCUT2D eigenvalue weighted by molar-refractivity contribution is 5.92. The van der Waals surface area contributed by atoms with Crippen LogP contribution in [0.3, 0.4) is 0 Å². The Morgan fingerprint density at radius 2 is 2.07 bits per heavy atom. The van der Waals surface area contributed by atoms with E-state index in [0.717, 1.165) is 6.07 Å². The summed E-state index contributed by atoms with van der Waals surface area (Å²) >= 11 is 0. The molecule has 0 unspecified atom stereocenters. The number of nitro benzene ring substituents is 1. The van der Waals surface area contributed by atoms with Crippen LogP contribution >= 0.6 is 0 Å². The molecule has 0 spiro atoms. The van der Waals surface area contributed by atoms with Crippen LogP contribution in [0.2, 0.25) is 0 Å². The number of benzene rings is 1. The van der Waals surface area contributed by atoms with Gasteiger partial charge in [0.15, 0.2) is 0 Å². The fourth-order valence-electron chi connectivity index (χ4n) is 3.03. The summed E-state index contributed by atoms with van der Waals surface area (Å²) in [5, 5.41) is 20.6. The SMILES string of the molecule is COCCCN1C=CN(c2ccc(C(=O)O)cc2[N+](=O)[O-])[C@@H](C(C)C)C1=O. The largest absolute Gasteiger partial charge is 0.478 e. The van der Waals surface area contributed by atoms with E-state index in [9.17, 15) is 19.7 Å². The molecular formula is C18H23N3O6. The van der Waals surface area contributed by atoms with E-state index in [4.69, 9.17) is 9.84 Å². The third-order valence-corrected chi connectivity index (χ3v) is 4.32. The van der Waals surface area contributed by atoms with Gasteiger partial charge in [-0.2, -0.15) is 0 Å². The number of amides is 1. The monoisotopic (exact) mass is 377 g/mol. The Kier molecular flexibility index (Phi) is 6.51. The minimum atomic E-state index is -1.25. The minimum absolute atomic E-state index is 0.119. The number of ether oxygens (including phenoxy) is 1. The van der Waals surface area contributed by atoms with Crippen molar-refractivity contribution in [2.45, 2.75) is 26.3 Å². The Bertz CT molecular complexity index is 761. The first-order valence-corrected chi connectivity index (χ1v) is 8.55. The van der Waals surface area contributed by atoms with Gasteiger partial charge >= 0.3 is 5.97 Å². The van der Waals surface area contributed by atoms with E-state index in [0.29, 0.717) is 19.6 Å². The van der Waals surface area contributed by atoms with E-state index in [-0.39, 0.29) is 28.8 Å². The Balaban J connectivity index is 2.44. The molecule has 0 saturated heterocycles. The van der Waals surface area contributed by atoms with Crippen molar-refractivity contribution >= 4 is 23.3 Å². The van der Waals surface area contributed by atoms with Gasteiger partial charge in [-0.05, 0) is 24.5 Å². The fraction of sp³-hybridized carbons (Fsp3) is 0.444. The lowest BCUT2D eigenvalue weighted by atomic mass is 9.98. The van der Waals surface area contributed by atoms with Crippen LogP contribution in [0.15, 0.2) is 30.6 Å². The number of carbonyl (C=O) groups is 2. The van der Waals surface area contributed by atoms with E-state index < -0.39 is 16.9 Å². The molecule has 27 heavy (non-hydrogen) atoms. The van der Waals surface area contributed by atoms with Gasteiger partial charge in [-0.25, -0.2) is 4.79 Å². The quantitative estimate of drug-likeness (QED) is 0.420. The molecule has 1 aliphatic heterocycles. The Morgan fingerprint density at radius 1 is 1.37 bits per heavy atom. The van der Waals surface area contributed by atoms with Crippen LogP contribution in [0.5, 0.6) is 0 Å². The molecular weight excluding hydrogens is 354 g/mol. The number of anilines is 1. The highest BCUT2D eigenvalue weighted by atomic mass is 16.6. The number of nitro groups is 1. The van der Waals surface area contributed by atoms with Crippen LogP contribution in [-0.2, 0) is 9.53 Å². The van der Waals surface area contributed by atoms with Gasteiger partial charge in [-0.1, -0.05) is 13.8 Å². The lowest BCUT2D eigenvalue weighted by Gasteiger charge is -2.38. The first kappa shape index (κ1) is 20.4. The molecule has 1 aromatic carbocycles. The second kappa shape index (κ2) is 8.63. The Labute approximate surface area is 157 Å². The maximum absolute atomic E-state index is 12.9. The molecule has 0 radical (unpaired) electrons.